The first kappa shape index (κ1) is 17.3. The van der Waals surface area contributed by atoms with Crippen LogP contribution in [0.5, 0.6) is 0 Å². The molecular formula is C18H24N6O. The summed E-state index contributed by atoms with van der Waals surface area (Å²) in [4.78, 5) is 28.9. The van der Waals surface area contributed by atoms with E-state index in [4.69, 9.17) is 0 Å². The molecule has 7 nitrogen and oxygen atoms in total. The van der Waals surface area contributed by atoms with Gasteiger partial charge in [-0.15, -0.1) is 0 Å². The van der Waals surface area contributed by atoms with Gasteiger partial charge in [-0.25, -0.2) is 14.8 Å². The Morgan fingerprint density at radius 2 is 2.16 bits per heavy atom. The summed E-state index contributed by atoms with van der Waals surface area (Å²) in [5, 5.41) is 2.84. The Bertz CT molecular complexity index is 666. The first-order chi connectivity index (χ1) is 12.2. The van der Waals surface area contributed by atoms with E-state index in [2.05, 4.69) is 38.3 Å². The number of hydrogen-bond acceptors (Lipinski definition) is 5. The number of amides is 2. The Morgan fingerprint density at radius 3 is 2.92 bits per heavy atom. The molecule has 132 valence electrons. The molecule has 2 aromatic rings. The van der Waals surface area contributed by atoms with Gasteiger partial charge in [-0.05, 0) is 44.5 Å². The fourth-order valence-corrected chi connectivity index (χ4v) is 3.15. The quantitative estimate of drug-likeness (QED) is 0.925. The maximum Gasteiger partial charge on any atom is 0.323 e. The van der Waals surface area contributed by atoms with E-state index in [0.717, 1.165) is 44.6 Å². The monoisotopic (exact) mass is 340 g/mol. The Morgan fingerprint density at radius 1 is 1.24 bits per heavy atom. The van der Waals surface area contributed by atoms with Gasteiger partial charge in [0.2, 0.25) is 0 Å². The maximum atomic E-state index is 12.4. The van der Waals surface area contributed by atoms with Crippen molar-refractivity contribution in [2.45, 2.75) is 31.8 Å². The SMILES string of the molecule is CN(Cc1ccccn1)C1CCCN(C(=O)Nc2ccncn2)CC1. The van der Waals surface area contributed by atoms with Crippen molar-refractivity contribution in [1.82, 2.24) is 24.8 Å². The summed E-state index contributed by atoms with van der Waals surface area (Å²) in [6, 6.07) is 8.06. The van der Waals surface area contributed by atoms with Gasteiger partial charge in [0.25, 0.3) is 0 Å². The molecule has 7 heteroatoms. The van der Waals surface area contributed by atoms with Crippen LogP contribution in [-0.4, -0.2) is 57.0 Å². The van der Waals surface area contributed by atoms with E-state index >= 15 is 0 Å². The van der Waals surface area contributed by atoms with E-state index in [-0.39, 0.29) is 6.03 Å². The van der Waals surface area contributed by atoms with Crippen molar-refractivity contribution in [2.75, 3.05) is 25.5 Å². The number of likely N-dealkylation sites (tertiary alicyclic amines) is 1. The molecule has 0 bridgehead atoms. The maximum absolute atomic E-state index is 12.4. The third-order valence-electron chi connectivity index (χ3n) is 4.56. The molecule has 2 aromatic heterocycles. The minimum atomic E-state index is -0.0910. The molecule has 2 amide bonds. The lowest BCUT2D eigenvalue weighted by molar-refractivity contribution is 0.200. The van der Waals surface area contributed by atoms with E-state index in [1.54, 1.807) is 12.3 Å². The van der Waals surface area contributed by atoms with Crippen molar-refractivity contribution in [1.29, 1.82) is 0 Å². The summed E-state index contributed by atoms with van der Waals surface area (Å²) in [5.74, 6) is 0.535. The van der Waals surface area contributed by atoms with Crippen molar-refractivity contribution in [3.63, 3.8) is 0 Å². The average molecular weight is 340 g/mol. The molecule has 1 saturated heterocycles. The Balaban J connectivity index is 1.52. The van der Waals surface area contributed by atoms with Crippen LogP contribution in [0.1, 0.15) is 25.0 Å². The standard InChI is InChI=1S/C18H24N6O/c1-23(13-15-5-2-3-9-20-15)16-6-4-11-24(12-8-16)18(25)22-17-7-10-19-14-21-17/h2-3,5,7,9-10,14,16H,4,6,8,11-13H2,1H3,(H,19,21,22,25). The molecule has 1 fully saturated rings. The van der Waals surface area contributed by atoms with E-state index < -0.39 is 0 Å². The highest BCUT2D eigenvalue weighted by molar-refractivity contribution is 5.88. The number of hydrogen-bond donors (Lipinski definition) is 1. The first-order valence-corrected chi connectivity index (χ1v) is 8.64. The lowest BCUT2D eigenvalue weighted by Gasteiger charge is -2.27. The van der Waals surface area contributed by atoms with Crippen LogP contribution >= 0.6 is 0 Å². The third-order valence-corrected chi connectivity index (χ3v) is 4.56. The molecule has 3 heterocycles. The van der Waals surface area contributed by atoms with Crippen molar-refractivity contribution in [2.24, 2.45) is 0 Å². The number of nitrogens with zero attached hydrogens (tertiary/aromatic N) is 5. The lowest BCUT2D eigenvalue weighted by Crippen LogP contribution is -2.37. The second kappa shape index (κ2) is 8.53. The van der Waals surface area contributed by atoms with Gasteiger partial charge in [-0.2, -0.15) is 0 Å². The molecule has 0 aliphatic carbocycles. The minimum absolute atomic E-state index is 0.0910. The van der Waals surface area contributed by atoms with Gasteiger partial charge in [-0.1, -0.05) is 6.07 Å². The number of nitrogens with one attached hydrogen (secondary N) is 1. The first-order valence-electron chi connectivity index (χ1n) is 8.64. The highest BCUT2D eigenvalue weighted by Crippen LogP contribution is 2.18. The minimum Gasteiger partial charge on any atom is -0.324 e. The van der Waals surface area contributed by atoms with Gasteiger partial charge in [-0.3, -0.25) is 15.2 Å². The number of aromatic nitrogens is 3. The predicted octanol–water partition coefficient (Wildman–Crippen LogP) is 2.39. The molecule has 1 aliphatic rings. The van der Waals surface area contributed by atoms with Crippen molar-refractivity contribution in [3.8, 4) is 0 Å². The van der Waals surface area contributed by atoms with Gasteiger partial charge in [0.05, 0.1) is 5.69 Å². The predicted molar refractivity (Wildman–Crippen MR) is 96.0 cm³/mol. The topological polar surface area (TPSA) is 74.2 Å². The van der Waals surface area contributed by atoms with Gasteiger partial charge in [0, 0.05) is 38.1 Å². The molecular weight excluding hydrogens is 316 g/mol. The summed E-state index contributed by atoms with van der Waals surface area (Å²) in [7, 11) is 2.13. The van der Waals surface area contributed by atoms with Gasteiger partial charge >= 0.3 is 6.03 Å². The highest BCUT2D eigenvalue weighted by Gasteiger charge is 2.23. The molecule has 25 heavy (non-hydrogen) atoms. The van der Waals surface area contributed by atoms with Crippen LogP contribution in [0.2, 0.25) is 0 Å². The lowest BCUT2D eigenvalue weighted by atomic mass is 10.1. The molecule has 3 rings (SSSR count). The smallest absolute Gasteiger partial charge is 0.323 e. The van der Waals surface area contributed by atoms with Crippen LogP contribution in [0.4, 0.5) is 10.6 Å². The molecule has 1 N–H and O–H groups in total. The van der Waals surface area contributed by atoms with Crippen LogP contribution in [0, 0.1) is 0 Å². The van der Waals surface area contributed by atoms with Gasteiger partial charge in [0.1, 0.15) is 12.1 Å². The number of carbonyl (C=O) groups excluding carboxylic acids is 1. The number of anilines is 1. The summed E-state index contributed by atoms with van der Waals surface area (Å²) >= 11 is 0. The fourth-order valence-electron chi connectivity index (χ4n) is 3.15. The van der Waals surface area contributed by atoms with Crippen molar-refractivity contribution < 1.29 is 4.79 Å². The van der Waals surface area contributed by atoms with E-state index in [0.29, 0.717) is 11.9 Å². The zero-order chi connectivity index (χ0) is 17.5. The largest absolute Gasteiger partial charge is 0.324 e. The third kappa shape index (κ3) is 4.96. The number of carbonyl (C=O) groups is 1. The highest BCUT2D eigenvalue weighted by atomic mass is 16.2. The van der Waals surface area contributed by atoms with Crippen molar-refractivity contribution >= 4 is 11.8 Å². The van der Waals surface area contributed by atoms with Gasteiger partial charge in [0.15, 0.2) is 0 Å². The fraction of sp³-hybridized carbons (Fsp3) is 0.444. The second-order valence-electron chi connectivity index (χ2n) is 6.33. The summed E-state index contributed by atoms with van der Waals surface area (Å²) in [6.07, 6.45) is 7.92. The normalized spacial score (nSPS) is 18.0. The summed E-state index contributed by atoms with van der Waals surface area (Å²) in [6.45, 7) is 2.34. The molecule has 1 aliphatic heterocycles. The zero-order valence-corrected chi connectivity index (χ0v) is 14.5. The van der Waals surface area contributed by atoms with E-state index in [9.17, 15) is 4.79 Å². The van der Waals surface area contributed by atoms with Crippen LogP contribution in [-0.2, 0) is 6.54 Å². The summed E-state index contributed by atoms with van der Waals surface area (Å²) < 4.78 is 0. The Kier molecular flexibility index (Phi) is 5.90. The molecule has 0 radical (unpaired) electrons. The van der Waals surface area contributed by atoms with Crippen molar-refractivity contribution in [3.05, 3.63) is 48.7 Å². The average Bonchev–Trinajstić information content (AvgIpc) is 2.90. The van der Waals surface area contributed by atoms with Crippen LogP contribution in [0.15, 0.2) is 43.0 Å². The van der Waals surface area contributed by atoms with E-state index in [1.807, 2.05) is 23.2 Å². The number of pyridine rings is 1. The molecule has 1 atom stereocenters. The van der Waals surface area contributed by atoms with Crippen LogP contribution in [0.25, 0.3) is 0 Å². The molecule has 0 spiro atoms. The van der Waals surface area contributed by atoms with Crippen LogP contribution < -0.4 is 5.32 Å². The Hall–Kier alpha value is -2.54. The van der Waals surface area contributed by atoms with E-state index in [1.165, 1.54) is 6.33 Å². The number of urea groups is 1. The molecule has 0 saturated carbocycles. The molecule has 1 unspecified atom stereocenters. The van der Waals surface area contributed by atoms with Gasteiger partial charge < -0.3 is 4.90 Å². The molecule has 0 aromatic carbocycles. The zero-order valence-electron chi connectivity index (χ0n) is 14.5. The second-order valence-corrected chi connectivity index (χ2v) is 6.33. The number of rotatable bonds is 4. The van der Waals surface area contributed by atoms with Crippen LogP contribution in [0.3, 0.4) is 0 Å². The summed E-state index contributed by atoms with van der Waals surface area (Å²) in [5.41, 5.74) is 1.08. The Labute approximate surface area is 148 Å².